The van der Waals surface area contributed by atoms with Crippen molar-refractivity contribution in [3.63, 3.8) is 0 Å². The Labute approximate surface area is 174 Å². The molecule has 3 amide bonds. The predicted molar refractivity (Wildman–Crippen MR) is 105 cm³/mol. The van der Waals surface area contributed by atoms with Crippen molar-refractivity contribution in [2.24, 2.45) is 0 Å². The topological polar surface area (TPSA) is 109 Å². The number of hydrogen-bond acceptors (Lipinski definition) is 7. The van der Waals surface area contributed by atoms with E-state index in [0.29, 0.717) is 38.2 Å². The standard InChI is InChI=1S/C21H26N4O5/c26-19-5-4-16(20(27)24-19)25-10-15-12(2-1-3-14(15)21(25)28)6-22-7-13-11-29-17-8-23-9-18(17)30-13/h1-3,13,16-18,22-23H,4-11H2,(H,24,26,27). The third-order valence-corrected chi connectivity index (χ3v) is 6.34. The summed E-state index contributed by atoms with van der Waals surface area (Å²) in [6, 6.07) is 5.08. The minimum Gasteiger partial charge on any atom is -0.371 e. The van der Waals surface area contributed by atoms with Crippen LogP contribution in [-0.2, 0) is 32.2 Å². The highest BCUT2D eigenvalue weighted by Crippen LogP contribution is 2.29. The molecule has 4 unspecified atom stereocenters. The van der Waals surface area contributed by atoms with Gasteiger partial charge in [0.15, 0.2) is 0 Å². The number of piperidine rings is 1. The molecule has 3 fully saturated rings. The molecule has 0 aromatic heterocycles. The van der Waals surface area contributed by atoms with Gasteiger partial charge in [-0.1, -0.05) is 12.1 Å². The van der Waals surface area contributed by atoms with Gasteiger partial charge in [-0.15, -0.1) is 0 Å². The molecule has 5 rings (SSSR count). The molecule has 0 spiro atoms. The van der Waals surface area contributed by atoms with E-state index in [9.17, 15) is 14.4 Å². The van der Waals surface area contributed by atoms with Gasteiger partial charge in [0.2, 0.25) is 11.8 Å². The van der Waals surface area contributed by atoms with Gasteiger partial charge in [0.05, 0.1) is 24.9 Å². The van der Waals surface area contributed by atoms with Crippen LogP contribution in [0.5, 0.6) is 0 Å². The van der Waals surface area contributed by atoms with Crippen LogP contribution in [-0.4, -0.2) is 73.2 Å². The van der Waals surface area contributed by atoms with E-state index in [1.165, 1.54) is 0 Å². The van der Waals surface area contributed by atoms with E-state index in [1.54, 1.807) is 11.0 Å². The number of ether oxygens (including phenoxy) is 2. The first-order valence-corrected chi connectivity index (χ1v) is 10.5. The van der Waals surface area contributed by atoms with Gasteiger partial charge in [-0.2, -0.15) is 0 Å². The Hall–Kier alpha value is -2.33. The molecule has 160 valence electrons. The fraction of sp³-hybridized carbons (Fsp3) is 0.571. The summed E-state index contributed by atoms with van der Waals surface area (Å²) in [4.78, 5) is 38.1. The SMILES string of the molecule is O=C1CCC(N2Cc3c(CNCC4COC5CNCC5O4)cccc3C2=O)C(=O)N1. The predicted octanol–water partition coefficient (Wildman–Crippen LogP) is -0.707. The molecule has 3 N–H and O–H groups in total. The second-order valence-electron chi connectivity index (χ2n) is 8.30. The smallest absolute Gasteiger partial charge is 0.255 e. The van der Waals surface area contributed by atoms with Crippen molar-refractivity contribution in [1.29, 1.82) is 0 Å². The number of fused-ring (bicyclic) bond motifs is 2. The lowest BCUT2D eigenvalue weighted by molar-refractivity contribution is -0.158. The van der Waals surface area contributed by atoms with Crippen LogP contribution in [0, 0.1) is 0 Å². The zero-order valence-electron chi connectivity index (χ0n) is 16.7. The third-order valence-electron chi connectivity index (χ3n) is 6.34. The summed E-state index contributed by atoms with van der Waals surface area (Å²) in [5.74, 6) is -0.815. The Morgan fingerprint density at radius 3 is 2.90 bits per heavy atom. The quantitative estimate of drug-likeness (QED) is 0.547. The highest BCUT2D eigenvalue weighted by atomic mass is 16.6. The molecule has 30 heavy (non-hydrogen) atoms. The lowest BCUT2D eigenvalue weighted by atomic mass is 10.0. The molecule has 4 heterocycles. The third kappa shape index (κ3) is 3.62. The van der Waals surface area contributed by atoms with E-state index in [1.807, 2.05) is 12.1 Å². The zero-order chi connectivity index (χ0) is 20.7. The molecule has 4 aliphatic rings. The summed E-state index contributed by atoms with van der Waals surface area (Å²) < 4.78 is 12.0. The number of hydrogen-bond donors (Lipinski definition) is 3. The van der Waals surface area contributed by atoms with Crippen molar-refractivity contribution < 1.29 is 23.9 Å². The number of nitrogens with one attached hydrogen (secondary N) is 3. The maximum atomic E-state index is 12.9. The Kier molecular flexibility index (Phi) is 5.28. The molecular formula is C21H26N4O5. The van der Waals surface area contributed by atoms with E-state index in [0.717, 1.165) is 24.2 Å². The van der Waals surface area contributed by atoms with E-state index < -0.39 is 6.04 Å². The number of amides is 3. The summed E-state index contributed by atoms with van der Waals surface area (Å²) in [6.07, 6.45) is 0.901. The second-order valence-corrected chi connectivity index (χ2v) is 8.30. The van der Waals surface area contributed by atoms with E-state index in [-0.39, 0.29) is 42.5 Å². The molecule has 1 aromatic carbocycles. The second kappa shape index (κ2) is 8.07. The molecule has 0 aliphatic carbocycles. The summed E-state index contributed by atoms with van der Waals surface area (Å²) in [5, 5.41) is 9.05. The van der Waals surface area contributed by atoms with Crippen molar-refractivity contribution in [1.82, 2.24) is 20.9 Å². The van der Waals surface area contributed by atoms with Crippen LogP contribution < -0.4 is 16.0 Å². The molecule has 9 nitrogen and oxygen atoms in total. The normalized spacial score (nSPS) is 30.9. The monoisotopic (exact) mass is 414 g/mol. The lowest BCUT2D eigenvalue weighted by Crippen LogP contribution is -2.52. The Morgan fingerprint density at radius 1 is 1.17 bits per heavy atom. The first-order chi connectivity index (χ1) is 14.6. The first kappa shape index (κ1) is 19.6. The fourth-order valence-corrected chi connectivity index (χ4v) is 4.74. The zero-order valence-corrected chi connectivity index (χ0v) is 16.7. The Bertz CT molecular complexity index is 875. The maximum absolute atomic E-state index is 12.9. The van der Waals surface area contributed by atoms with Crippen LogP contribution in [0.4, 0.5) is 0 Å². The highest BCUT2D eigenvalue weighted by molar-refractivity contribution is 6.05. The van der Waals surface area contributed by atoms with Gasteiger partial charge < -0.3 is 25.0 Å². The van der Waals surface area contributed by atoms with Gasteiger partial charge in [-0.25, -0.2) is 0 Å². The largest absolute Gasteiger partial charge is 0.371 e. The Morgan fingerprint density at radius 2 is 2.03 bits per heavy atom. The van der Waals surface area contributed by atoms with Crippen LogP contribution in [0.3, 0.4) is 0 Å². The number of benzene rings is 1. The summed E-state index contributed by atoms with van der Waals surface area (Å²) in [5.41, 5.74) is 2.62. The molecule has 9 heteroatoms. The highest BCUT2D eigenvalue weighted by Gasteiger charge is 2.40. The molecule has 4 atom stereocenters. The van der Waals surface area contributed by atoms with Crippen LogP contribution in [0.2, 0.25) is 0 Å². The minimum absolute atomic E-state index is 0.00418. The average molecular weight is 414 g/mol. The number of carbonyl (C=O) groups is 3. The van der Waals surface area contributed by atoms with Crippen LogP contribution in [0.15, 0.2) is 18.2 Å². The fourth-order valence-electron chi connectivity index (χ4n) is 4.74. The molecular weight excluding hydrogens is 388 g/mol. The van der Waals surface area contributed by atoms with Crippen molar-refractivity contribution in [2.45, 2.75) is 50.3 Å². The van der Waals surface area contributed by atoms with Gasteiger partial charge >= 0.3 is 0 Å². The summed E-state index contributed by atoms with van der Waals surface area (Å²) in [6.45, 7) is 3.90. The lowest BCUT2D eigenvalue weighted by Gasteiger charge is -2.32. The van der Waals surface area contributed by atoms with Crippen LogP contribution >= 0.6 is 0 Å². The van der Waals surface area contributed by atoms with Gasteiger partial charge in [0.25, 0.3) is 5.91 Å². The first-order valence-electron chi connectivity index (χ1n) is 10.5. The summed E-state index contributed by atoms with van der Waals surface area (Å²) in [7, 11) is 0. The maximum Gasteiger partial charge on any atom is 0.255 e. The van der Waals surface area contributed by atoms with E-state index >= 15 is 0 Å². The van der Waals surface area contributed by atoms with Gasteiger partial charge in [-0.05, 0) is 23.6 Å². The number of nitrogens with zero attached hydrogens (tertiary/aromatic N) is 1. The molecule has 0 radical (unpaired) electrons. The van der Waals surface area contributed by atoms with Crippen LogP contribution in [0.1, 0.15) is 34.3 Å². The molecule has 1 aromatic rings. The number of rotatable bonds is 5. The number of imide groups is 1. The van der Waals surface area contributed by atoms with Crippen molar-refractivity contribution in [2.75, 3.05) is 26.2 Å². The Balaban J connectivity index is 1.21. The average Bonchev–Trinajstić information content (AvgIpc) is 3.33. The van der Waals surface area contributed by atoms with E-state index in [4.69, 9.17) is 9.47 Å². The number of carbonyl (C=O) groups excluding carboxylic acids is 3. The summed E-state index contributed by atoms with van der Waals surface area (Å²) >= 11 is 0. The van der Waals surface area contributed by atoms with Crippen molar-refractivity contribution >= 4 is 17.7 Å². The molecule has 3 saturated heterocycles. The van der Waals surface area contributed by atoms with E-state index in [2.05, 4.69) is 16.0 Å². The van der Waals surface area contributed by atoms with Gasteiger partial charge in [-0.3, -0.25) is 19.7 Å². The van der Waals surface area contributed by atoms with Crippen molar-refractivity contribution in [3.8, 4) is 0 Å². The molecule has 0 bridgehead atoms. The van der Waals surface area contributed by atoms with Crippen molar-refractivity contribution in [3.05, 3.63) is 34.9 Å². The van der Waals surface area contributed by atoms with Gasteiger partial charge in [0, 0.05) is 44.7 Å². The van der Waals surface area contributed by atoms with Gasteiger partial charge in [0.1, 0.15) is 6.04 Å². The molecule has 4 aliphatic heterocycles. The van der Waals surface area contributed by atoms with Crippen LogP contribution in [0.25, 0.3) is 0 Å². The minimum atomic E-state index is -0.593. The molecule has 0 saturated carbocycles.